The summed E-state index contributed by atoms with van der Waals surface area (Å²) in [5.74, 6) is -1.64. The molecular weight excluding hydrogens is 420 g/mol. The number of esters is 2. The molecule has 33 heavy (non-hydrogen) atoms. The Morgan fingerprint density at radius 1 is 1.18 bits per heavy atom. The molecule has 0 aromatic carbocycles. The average Bonchev–Trinajstić information content (AvgIpc) is 2.83. The van der Waals surface area contributed by atoms with Crippen LogP contribution >= 0.6 is 0 Å². The van der Waals surface area contributed by atoms with Crippen molar-refractivity contribution in [3.05, 3.63) is 61.3 Å². The minimum atomic E-state index is -0.940. The van der Waals surface area contributed by atoms with Crippen LogP contribution in [0.4, 0.5) is 0 Å². The van der Waals surface area contributed by atoms with E-state index >= 15 is 0 Å². The predicted octanol–water partition coefficient (Wildman–Crippen LogP) is 5.56. The Kier molecular flexibility index (Phi) is 17.5. The number of Topliss-reactive ketones (excluding diaryl/α,β-unsaturated/α-hetero) is 1. The van der Waals surface area contributed by atoms with Gasteiger partial charge in [-0.15, -0.1) is 19.7 Å². The van der Waals surface area contributed by atoms with Gasteiger partial charge in [-0.2, -0.15) is 0 Å². The maximum Gasteiger partial charge on any atom is 0.311 e. The van der Waals surface area contributed by atoms with Crippen LogP contribution in [-0.4, -0.2) is 44.7 Å². The van der Waals surface area contributed by atoms with Gasteiger partial charge < -0.3 is 14.2 Å². The molecule has 0 N–H and O–H groups in total. The average molecular weight is 463 g/mol. The lowest BCUT2D eigenvalue weighted by Crippen LogP contribution is -2.35. The second-order valence-corrected chi connectivity index (χ2v) is 8.08. The number of ether oxygens (including phenoxy) is 3. The summed E-state index contributed by atoms with van der Waals surface area (Å²) < 4.78 is 14.9. The van der Waals surface area contributed by atoms with E-state index in [1.54, 1.807) is 60.0 Å². The summed E-state index contributed by atoms with van der Waals surface area (Å²) in [5.41, 5.74) is 0.442. The fraction of sp³-hybridized carbons (Fsp3) is 0.519. The van der Waals surface area contributed by atoms with Crippen molar-refractivity contribution in [1.82, 2.24) is 0 Å². The normalized spacial score (nSPS) is 14.8. The van der Waals surface area contributed by atoms with Crippen LogP contribution in [0, 0.1) is 11.3 Å². The van der Waals surface area contributed by atoms with Crippen LogP contribution in [0.15, 0.2) is 61.3 Å². The minimum absolute atomic E-state index is 0.218. The van der Waals surface area contributed by atoms with Crippen molar-refractivity contribution in [1.29, 1.82) is 0 Å². The Hall–Kier alpha value is -2.73. The SMILES string of the molecule is C/C=C(\C)C(OC(=O)C(C)CC(C)(C)C(=O)OC)C(=O)C1=CCCC=C1.C=C.C=CCOC. The highest BCUT2D eigenvalue weighted by Gasteiger charge is 2.35. The van der Waals surface area contributed by atoms with Gasteiger partial charge in [0.1, 0.15) is 0 Å². The molecule has 0 spiro atoms. The Balaban J connectivity index is 0. The summed E-state index contributed by atoms with van der Waals surface area (Å²) in [5, 5.41) is 0. The first kappa shape index (κ1) is 32.4. The van der Waals surface area contributed by atoms with E-state index in [0.29, 0.717) is 17.8 Å². The first-order valence-electron chi connectivity index (χ1n) is 11.0. The molecule has 0 saturated heterocycles. The van der Waals surface area contributed by atoms with Gasteiger partial charge in [-0.25, -0.2) is 0 Å². The number of carbonyl (C=O) groups is 3. The van der Waals surface area contributed by atoms with E-state index in [-0.39, 0.29) is 18.2 Å². The van der Waals surface area contributed by atoms with Crippen molar-refractivity contribution in [3.8, 4) is 0 Å². The van der Waals surface area contributed by atoms with Crippen LogP contribution < -0.4 is 0 Å². The van der Waals surface area contributed by atoms with Crippen molar-refractivity contribution in [2.24, 2.45) is 11.3 Å². The Labute approximate surface area is 200 Å². The van der Waals surface area contributed by atoms with Crippen LogP contribution in [0.3, 0.4) is 0 Å². The number of ketones is 1. The zero-order valence-electron chi connectivity index (χ0n) is 21.4. The zero-order chi connectivity index (χ0) is 26.0. The largest absolute Gasteiger partial charge is 0.469 e. The standard InChI is InChI=1S/C21H30O5.C4H8O.C2H4/c1-7-14(2)18(17(22)16-11-9-8-10-12-16)26-19(23)15(3)13-21(4,5)20(24)25-6;1-3-4-5-2;1-2/h7,9,11-12,15,18H,8,10,13H2,1-6H3;3H,1,4H2,2H3;1-2H2/b14-7+;;. The lowest BCUT2D eigenvalue weighted by Gasteiger charge is -2.26. The summed E-state index contributed by atoms with van der Waals surface area (Å²) in [6.07, 6.45) is 10.1. The molecule has 0 radical (unpaired) electrons. The number of rotatable bonds is 10. The van der Waals surface area contributed by atoms with Gasteiger partial charge in [0.25, 0.3) is 0 Å². The van der Waals surface area contributed by atoms with Crippen LogP contribution in [0.25, 0.3) is 0 Å². The second kappa shape index (κ2) is 17.8. The van der Waals surface area contributed by atoms with Gasteiger partial charge in [0.2, 0.25) is 5.78 Å². The van der Waals surface area contributed by atoms with E-state index in [9.17, 15) is 14.4 Å². The summed E-state index contributed by atoms with van der Waals surface area (Å²) >= 11 is 0. The van der Waals surface area contributed by atoms with Crippen molar-refractivity contribution in [2.75, 3.05) is 20.8 Å². The monoisotopic (exact) mass is 462 g/mol. The molecule has 0 bridgehead atoms. The van der Waals surface area contributed by atoms with Gasteiger partial charge in [-0.05, 0) is 52.5 Å². The fourth-order valence-electron chi connectivity index (χ4n) is 3.01. The molecule has 2 atom stereocenters. The first-order chi connectivity index (χ1) is 15.5. The highest BCUT2D eigenvalue weighted by atomic mass is 16.5. The van der Waals surface area contributed by atoms with Gasteiger partial charge in [0.15, 0.2) is 6.10 Å². The Bertz CT molecular complexity index is 727. The van der Waals surface area contributed by atoms with E-state index in [0.717, 1.165) is 12.8 Å². The molecule has 1 rings (SSSR count). The molecule has 0 fully saturated rings. The first-order valence-corrected chi connectivity index (χ1v) is 11.0. The smallest absolute Gasteiger partial charge is 0.311 e. The van der Waals surface area contributed by atoms with E-state index in [4.69, 9.17) is 9.47 Å². The lowest BCUT2D eigenvalue weighted by atomic mass is 9.83. The molecule has 1 aliphatic carbocycles. The number of hydrogen-bond acceptors (Lipinski definition) is 6. The van der Waals surface area contributed by atoms with Gasteiger partial charge in [0, 0.05) is 12.7 Å². The van der Waals surface area contributed by atoms with Gasteiger partial charge in [-0.3, -0.25) is 14.4 Å². The van der Waals surface area contributed by atoms with Crippen molar-refractivity contribution >= 4 is 17.7 Å². The molecule has 0 aromatic rings. The molecule has 6 heteroatoms. The van der Waals surface area contributed by atoms with Crippen LogP contribution in [0.5, 0.6) is 0 Å². The van der Waals surface area contributed by atoms with E-state index in [1.165, 1.54) is 7.11 Å². The number of methoxy groups -OCH3 is 2. The van der Waals surface area contributed by atoms with Crippen molar-refractivity contribution in [2.45, 2.75) is 60.0 Å². The molecular formula is C27H42O6. The quantitative estimate of drug-likeness (QED) is 0.313. The van der Waals surface area contributed by atoms with Crippen molar-refractivity contribution < 1.29 is 28.6 Å². The molecule has 0 saturated carbocycles. The van der Waals surface area contributed by atoms with Crippen LogP contribution in [-0.2, 0) is 28.6 Å². The molecule has 0 amide bonds. The van der Waals surface area contributed by atoms with Crippen molar-refractivity contribution in [3.63, 3.8) is 0 Å². The van der Waals surface area contributed by atoms with E-state index < -0.39 is 23.4 Å². The number of hydrogen-bond donors (Lipinski definition) is 0. The summed E-state index contributed by atoms with van der Waals surface area (Å²) in [7, 11) is 2.96. The molecule has 0 aliphatic heterocycles. The highest BCUT2D eigenvalue weighted by Crippen LogP contribution is 2.28. The highest BCUT2D eigenvalue weighted by molar-refractivity contribution is 6.04. The van der Waals surface area contributed by atoms with Gasteiger partial charge in [-0.1, -0.05) is 37.3 Å². The molecule has 2 unspecified atom stereocenters. The van der Waals surface area contributed by atoms with Crippen LogP contribution in [0.1, 0.15) is 53.9 Å². The van der Waals surface area contributed by atoms with Crippen LogP contribution in [0.2, 0.25) is 0 Å². The fourth-order valence-corrected chi connectivity index (χ4v) is 3.01. The predicted molar refractivity (Wildman–Crippen MR) is 134 cm³/mol. The van der Waals surface area contributed by atoms with Gasteiger partial charge >= 0.3 is 11.9 Å². The Morgan fingerprint density at radius 2 is 1.79 bits per heavy atom. The molecule has 6 nitrogen and oxygen atoms in total. The van der Waals surface area contributed by atoms with E-state index in [2.05, 4.69) is 24.5 Å². The summed E-state index contributed by atoms with van der Waals surface area (Å²) in [6, 6.07) is 0. The number of allylic oxidation sites excluding steroid dienone is 4. The third-order valence-corrected chi connectivity index (χ3v) is 4.86. The molecule has 186 valence electrons. The molecule has 0 heterocycles. The maximum atomic E-state index is 12.8. The molecule has 1 aliphatic rings. The van der Waals surface area contributed by atoms with E-state index in [1.807, 2.05) is 12.2 Å². The zero-order valence-corrected chi connectivity index (χ0v) is 21.4. The topological polar surface area (TPSA) is 78.9 Å². The maximum absolute atomic E-state index is 12.8. The summed E-state index contributed by atoms with van der Waals surface area (Å²) in [6.45, 7) is 18.8. The third-order valence-electron chi connectivity index (χ3n) is 4.86. The summed E-state index contributed by atoms with van der Waals surface area (Å²) in [4.78, 5) is 37.2. The third kappa shape index (κ3) is 12.2. The second-order valence-electron chi connectivity index (χ2n) is 8.08. The lowest BCUT2D eigenvalue weighted by molar-refractivity contribution is -0.159. The number of carbonyl (C=O) groups excluding carboxylic acids is 3. The van der Waals surface area contributed by atoms with Gasteiger partial charge in [0.05, 0.1) is 25.0 Å². The Morgan fingerprint density at radius 3 is 2.18 bits per heavy atom. The molecule has 0 aromatic heterocycles. The minimum Gasteiger partial charge on any atom is -0.469 e.